The highest BCUT2D eigenvalue weighted by Crippen LogP contribution is 2.36. The summed E-state index contributed by atoms with van der Waals surface area (Å²) >= 11 is 7.09. The van der Waals surface area contributed by atoms with Crippen molar-refractivity contribution in [3.05, 3.63) is 92.4 Å². The fourth-order valence-corrected chi connectivity index (χ4v) is 3.92. The molecule has 0 bridgehead atoms. The van der Waals surface area contributed by atoms with Crippen LogP contribution in [0, 0.1) is 0 Å². The van der Waals surface area contributed by atoms with Gasteiger partial charge in [0, 0.05) is 22.0 Å². The Morgan fingerprint density at radius 2 is 1.66 bits per heavy atom. The van der Waals surface area contributed by atoms with Crippen molar-refractivity contribution in [1.82, 2.24) is 5.32 Å². The summed E-state index contributed by atoms with van der Waals surface area (Å²) in [4.78, 5) is 0. The molecule has 6 heteroatoms. The highest BCUT2D eigenvalue weighted by atomic mass is 79.9. The Kier molecular flexibility index (Phi) is 8.12. The van der Waals surface area contributed by atoms with Crippen molar-refractivity contribution in [3.63, 3.8) is 0 Å². The van der Waals surface area contributed by atoms with Crippen molar-refractivity contribution in [2.45, 2.75) is 19.3 Å². The second-order valence-corrected chi connectivity index (χ2v) is 8.25. The smallest absolute Gasteiger partial charge is 0.162 e. The summed E-state index contributed by atoms with van der Waals surface area (Å²) in [6, 6.07) is 21.6. The van der Waals surface area contributed by atoms with Gasteiger partial charge in [0.25, 0.3) is 0 Å². The zero-order valence-corrected chi connectivity index (χ0v) is 19.2. The number of hydrogen-bond acceptors (Lipinski definition) is 4. The van der Waals surface area contributed by atoms with Crippen LogP contribution in [-0.2, 0) is 13.2 Å². The first-order valence-corrected chi connectivity index (χ1v) is 10.8. The van der Waals surface area contributed by atoms with Crippen molar-refractivity contribution in [2.24, 2.45) is 0 Å². The van der Waals surface area contributed by atoms with Gasteiger partial charge in [0.1, 0.15) is 6.61 Å². The van der Waals surface area contributed by atoms with E-state index in [1.807, 2.05) is 66.7 Å². The van der Waals surface area contributed by atoms with Crippen LogP contribution in [0.3, 0.4) is 0 Å². The number of benzene rings is 3. The Labute approximate surface area is 188 Å². The topological polar surface area (TPSA) is 50.7 Å². The number of halogens is 2. The van der Waals surface area contributed by atoms with Crippen LogP contribution < -0.4 is 14.8 Å². The average Bonchev–Trinajstić information content (AvgIpc) is 2.74. The summed E-state index contributed by atoms with van der Waals surface area (Å²) in [5.41, 5.74) is 2.96. The van der Waals surface area contributed by atoms with E-state index >= 15 is 0 Å². The first kappa shape index (κ1) is 21.8. The molecule has 0 saturated carbocycles. The predicted octanol–water partition coefficient (Wildman–Crippen LogP) is 5.62. The Balaban J connectivity index is 1.65. The molecule has 0 spiro atoms. The minimum absolute atomic E-state index is 0.410. The van der Waals surface area contributed by atoms with E-state index in [0.29, 0.717) is 31.2 Å². The minimum atomic E-state index is -0.691. The first-order valence-electron chi connectivity index (χ1n) is 9.25. The van der Waals surface area contributed by atoms with E-state index in [-0.39, 0.29) is 0 Å². The van der Waals surface area contributed by atoms with Crippen molar-refractivity contribution < 1.29 is 14.6 Å². The van der Waals surface area contributed by atoms with Gasteiger partial charge in [-0.25, -0.2) is 0 Å². The third-order valence-corrected chi connectivity index (χ3v) is 5.95. The van der Waals surface area contributed by atoms with Gasteiger partial charge in [-0.2, -0.15) is 0 Å². The lowest BCUT2D eigenvalue weighted by atomic mass is 10.1. The maximum absolute atomic E-state index is 10.7. The molecule has 4 nitrogen and oxygen atoms in total. The Morgan fingerprint density at radius 3 is 2.38 bits per heavy atom. The van der Waals surface area contributed by atoms with Gasteiger partial charge in [0.15, 0.2) is 11.5 Å². The highest BCUT2D eigenvalue weighted by molar-refractivity contribution is 9.10. The lowest BCUT2D eigenvalue weighted by molar-refractivity contribution is 0.173. The van der Waals surface area contributed by atoms with E-state index in [4.69, 9.17) is 9.47 Å². The van der Waals surface area contributed by atoms with Crippen LogP contribution in [0.5, 0.6) is 11.5 Å². The number of nitrogens with one attached hydrogen (secondary N) is 1. The molecule has 0 aliphatic rings. The van der Waals surface area contributed by atoms with Crippen LogP contribution in [0.2, 0.25) is 0 Å². The quantitative estimate of drug-likeness (QED) is 0.384. The van der Waals surface area contributed by atoms with Crippen LogP contribution in [0.1, 0.15) is 22.8 Å². The second kappa shape index (κ2) is 10.8. The molecule has 1 unspecified atom stereocenters. The lowest BCUT2D eigenvalue weighted by Gasteiger charge is -2.18. The van der Waals surface area contributed by atoms with Gasteiger partial charge in [0.2, 0.25) is 0 Å². The number of methoxy groups -OCH3 is 1. The lowest BCUT2D eigenvalue weighted by Crippen LogP contribution is -2.21. The van der Waals surface area contributed by atoms with E-state index in [2.05, 4.69) is 37.2 Å². The zero-order valence-electron chi connectivity index (χ0n) is 16.1. The second-order valence-electron chi connectivity index (χ2n) is 6.54. The first-order chi connectivity index (χ1) is 14.1. The van der Waals surface area contributed by atoms with Gasteiger partial charge < -0.3 is 19.9 Å². The van der Waals surface area contributed by atoms with Crippen molar-refractivity contribution in [2.75, 3.05) is 13.7 Å². The molecule has 0 saturated heterocycles. The van der Waals surface area contributed by atoms with Gasteiger partial charge >= 0.3 is 0 Å². The summed E-state index contributed by atoms with van der Waals surface area (Å²) in [5, 5.41) is 14.0. The third-order valence-electron chi connectivity index (χ3n) is 4.49. The molecule has 29 heavy (non-hydrogen) atoms. The van der Waals surface area contributed by atoms with E-state index in [0.717, 1.165) is 25.6 Å². The molecule has 0 radical (unpaired) electrons. The van der Waals surface area contributed by atoms with Gasteiger partial charge in [-0.1, -0.05) is 80.4 Å². The number of aliphatic hydroxyl groups excluding tert-OH is 1. The van der Waals surface area contributed by atoms with E-state index in [1.165, 1.54) is 0 Å². The largest absolute Gasteiger partial charge is 0.493 e. The SMILES string of the molecule is COc1cc(C(O)CNCc2ccccc2Br)c(Br)cc1OCc1ccccc1. The minimum Gasteiger partial charge on any atom is -0.493 e. The standard InChI is InChI=1S/C23H23Br2NO3/c1-28-22-11-18(21(27)14-26-13-17-9-5-6-10-19(17)24)20(25)12-23(22)29-15-16-7-3-2-4-8-16/h2-12,21,26-27H,13-15H2,1H3. The summed E-state index contributed by atoms with van der Waals surface area (Å²) in [6.45, 7) is 1.51. The molecule has 3 aromatic carbocycles. The van der Waals surface area contributed by atoms with Crippen LogP contribution in [-0.4, -0.2) is 18.8 Å². The number of ether oxygens (including phenoxy) is 2. The molecule has 0 heterocycles. The molecule has 3 aromatic rings. The van der Waals surface area contributed by atoms with Crippen LogP contribution in [0.15, 0.2) is 75.7 Å². The van der Waals surface area contributed by atoms with Gasteiger partial charge in [0.05, 0.1) is 13.2 Å². The third kappa shape index (κ3) is 6.06. The van der Waals surface area contributed by atoms with Gasteiger partial charge in [-0.05, 0) is 34.9 Å². The maximum atomic E-state index is 10.7. The van der Waals surface area contributed by atoms with Crippen LogP contribution in [0.25, 0.3) is 0 Å². The van der Waals surface area contributed by atoms with Crippen LogP contribution in [0.4, 0.5) is 0 Å². The number of hydrogen-bond donors (Lipinski definition) is 2. The van der Waals surface area contributed by atoms with E-state index in [9.17, 15) is 5.11 Å². The highest BCUT2D eigenvalue weighted by Gasteiger charge is 2.17. The van der Waals surface area contributed by atoms with Crippen molar-refractivity contribution in [1.29, 1.82) is 0 Å². The predicted molar refractivity (Wildman–Crippen MR) is 122 cm³/mol. The molecule has 0 aromatic heterocycles. The van der Waals surface area contributed by atoms with E-state index in [1.54, 1.807) is 7.11 Å². The molecule has 1 atom stereocenters. The average molecular weight is 521 g/mol. The maximum Gasteiger partial charge on any atom is 0.162 e. The summed E-state index contributed by atoms with van der Waals surface area (Å²) in [7, 11) is 1.60. The number of aliphatic hydroxyl groups is 1. The normalized spacial score (nSPS) is 11.9. The molecule has 0 fully saturated rings. The summed E-state index contributed by atoms with van der Waals surface area (Å²) in [5.74, 6) is 1.21. The molecular weight excluding hydrogens is 498 g/mol. The fraction of sp³-hybridized carbons (Fsp3) is 0.217. The molecule has 152 valence electrons. The van der Waals surface area contributed by atoms with E-state index < -0.39 is 6.10 Å². The monoisotopic (exact) mass is 519 g/mol. The van der Waals surface area contributed by atoms with Crippen LogP contribution >= 0.6 is 31.9 Å². The van der Waals surface area contributed by atoms with Crippen molar-refractivity contribution in [3.8, 4) is 11.5 Å². The van der Waals surface area contributed by atoms with Gasteiger partial charge in [-0.3, -0.25) is 0 Å². The Morgan fingerprint density at radius 1 is 0.931 bits per heavy atom. The molecule has 3 rings (SSSR count). The molecule has 2 N–H and O–H groups in total. The molecule has 0 aliphatic heterocycles. The number of rotatable bonds is 9. The van der Waals surface area contributed by atoms with Gasteiger partial charge in [-0.15, -0.1) is 0 Å². The summed E-state index contributed by atoms with van der Waals surface area (Å²) in [6.07, 6.45) is -0.691. The summed E-state index contributed by atoms with van der Waals surface area (Å²) < 4.78 is 13.2. The fourth-order valence-electron chi connectivity index (χ4n) is 2.91. The molecule has 0 amide bonds. The Bertz CT molecular complexity index is 935. The Hall–Kier alpha value is -1.86. The van der Waals surface area contributed by atoms with Crippen molar-refractivity contribution >= 4 is 31.9 Å². The molecular formula is C23H23Br2NO3. The molecule has 0 aliphatic carbocycles. The zero-order chi connectivity index (χ0) is 20.6.